The van der Waals surface area contributed by atoms with Gasteiger partial charge in [-0.25, -0.2) is 9.78 Å². The molecule has 37 heavy (non-hydrogen) atoms. The number of methoxy groups -OCH3 is 1. The van der Waals surface area contributed by atoms with Crippen molar-refractivity contribution in [2.45, 2.75) is 65.2 Å². The zero-order chi connectivity index (χ0) is 26.8. The highest BCUT2D eigenvalue weighted by atomic mass is 16.7. The van der Waals surface area contributed by atoms with Gasteiger partial charge in [-0.05, 0) is 64.2 Å². The van der Waals surface area contributed by atoms with E-state index in [0.717, 1.165) is 17.8 Å². The largest absolute Gasteiger partial charge is 0.495 e. The Kier molecular flexibility index (Phi) is 7.57. The van der Waals surface area contributed by atoms with Crippen molar-refractivity contribution in [1.82, 2.24) is 9.97 Å². The molecule has 1 aliphatic heterocycles. The van der Waals surface area contributed by atoms with Crippen LogP contribution >= 0.6 is 0 Å². The second-order valence-electron chi connectivity index (χ2n) is 10.2. The van der Waals surface area contributed by atoms with Crippen molar-refractivity contribution in [2.24, 2.45) is 0 Å². The molecule has 0 aliphatic carbocycles. The minimum Gasteiger partial charge on any atom is -0.465 e. The third-order valence-corrected chi connectivity index (χ3v) is 7.11. The fraction of sp³-hybridized carbons (Fsp3) is 0.393. The molecule has 3 aromatic rings. The lowest BCUT2D eigenvalue weighted by atomic mass is 9.75. The summed E-state index contributed by atoms with van der Waals surface area (Å²) in [6, 6.07) is 15.8. The van der Waals surface area contributed by atoms with E-state index in [-0.39, 0.29) is 6.04 Å². The first kappa shape index (κ1) is 26.6. The topological polar surface area (TPSA) is 94.6 Å². The van der Waals surface area contributed by atoms with Gasteiger partial charge in [-0.2, -0.15) is 4.98 Å². The van der Waals surface area contributed by atoms with Crippen LogP contribution in [0, 0.1) is 6.92 Å². The van der Waals surface area contributed by atoms with Gasteiger partial charge in [0, 0.05) is 17.4 Å². The molecule has 9 heteroatoms. The summed E-state index contributed by atoms with van der Waals surface area (Å²) in [5, 5.41) is 6.76. The number of rotatable bonds is 8. The van der Waals surface area contributed by atoms with Gasteiger partial charge < -0.3 is 24.7 Å². The van der Waals surface area contributed by atoms with Crippen molar-refractivity contribution in [3.05, 3.63) is 71.4 Å². The molecule has 8 nitrogen and oxygen atoms in total. The summed E-state index contributed by atoms with van der Waals surface area (Å²) in [6.07, 6.45) is 2.68. The summed E-state index contributed by atoms with van der Waals surface area (Å²) < 4.78 is 17.4. The number of carbonyl (C=O) groups excluding carboxylic acids is 1. The smallest absolute Gasteiger partial charge is 0.465 e. The molecule has 1 unspecified atom stereocenters. The fourth-order valence-corrected chi connectivity index (χ4v) is 4.15. The second-order valence-corrected chi connectivity index (χ2v) is 10.2. The molecular weight excluding hydrogens is 467 g/mol. The molecule has 194 valence electrons. The Balaban J connectivity index is 1.59. The molecule has 0 saturated carbocycles. The van der Waals surface area contributed by atoms with Crippen LogP contribution in [0.25, 0.3) is 0 Å². The molecule has 1 atom stereocenters. The molecule has 0 bridgehead atoms. The van der Waals surface area contributed by atoms with Gasteiger partial charge in [-0.1, -0.05) is 43.3 Å². The highest BCUT2D eigenvalue weighted by Crippen LogP contribution is 2.37. The van der Waals surface area contributed by atoms with E-state index in [0.29, 0.717) is 22.7 Å². The summed E-state index contributed by atoms with van der Waals surface area (Å²) in [7, 11) is 0.664. The lowest BCUT2D eigenvalue weighted by Crippen LogP contribution is -2.41. The van der Waals surface area contributed by atoms with Crippen molar-refractivity contribution in [3.8, 4) is 0 Å². The number of nitrogens with one attached hydrogen (secondary N) is 2. The van der Waals surface area contributed by atoms with Crippen molar-refractivity contribution in [3.63, 3.8) is 0 Å². The van der Waals surface area contributed by atoms with Crippen molar-refractivity contribution >= 4 is 36.0 Å². The van der Waals surface area contributed by atoms with Gasteiger partial charge >= 0.3 is 13.1 Å². The average molecular weight is 502 g/mol. The number of ether oxygens (including phenoxy) is 1. The maximum atomic E-state index is 12.7. The van der Waals surface area contributed by atoms with E-state index in [1.807, 2.05) is 65.0 Å². The Bertz CT molecular complexity index is 1250. The van der Waals surface area contributed by atoms with Gasteiger partial charge in [-0.15, -0.1) is 0 Å². The number of hydrogen-bond donors (Lipinski definition) is 2. The summed E-state index contributed by atoms with van der Waals surface area (Å²) >= 11 is 0. The first-order chi connectivity index (χ1) is 17.5. The lowest BCUT2D eigenvalue weighted by Gasteiger charge is -2.32. The summed E-state index contributed by atoms with van der Waals surface area (Å²) in [4.78, 5) is 21.9. The maximum Gasteiger partial charge on any atom is 0.495 e. The van der Waals surface area contributed by atoms with Crippen LogP contribution in [0.3, 0.4) is 0 Å². The molecule has 2 heterocycles. The fourth-order valence-electron chi connectivity index (χ4n) is 4.15. The normalized spacial score (nSPS) is 16.8. The average Bonchev–Trinajstić information content (AvgIpc) is 3.10. The van der Waals surface area contributed by atoms with Crippen LogP contribution in [0.2, 0.25) is 0 Å². The van der Waals surface area contributed by atoms with Gasteiger partial charge in [0.2, 0.25) is 5.95 Å². The number of aryl methyl sites for hydroxylation is 1. The Morgan fingerprint density at radius 2 is 1.76 bits per heavy atom. The van der Waals surface area contributed by atoms with Crippen LogP contribution in [0.1, 0.15) is 68.6 Å². The highest BCUT2D eigenvalue weighted by molar-refractivity contribution is 6.63. The number of hydrogen-bond acceptors (Lipinski definition) is 8. The molecule has 0 radical (unpaired) electrons. The second kappa shape index (κ2) is 10.5. The lowest BCUT2D eigenvalue weighted by molar-refractivity contribution is 0.00578. The SMILES string of the molecule is CCC(Nc1nc(Nc2ccc(B3OC(C)(C)C(C)(C)O3)c(C(=O)OC)c2)ncc1C)c1ccccc1. The van der Waals surface area contributed by atoms with Crippen molar-refractivity contribution in [2.75, 3.05) is 17.7 Å². The van der Waals surface area contributed by atoms with Crippen LogP contribution in [0.4, 0.5) is 17.5 Å². The molecule has 1 fully saturated rings. The molecule has 0 amide bonds. The minimum absolute atomic E-state index is 0.118. The molecular formula is C28H35BN4O4. The molecule has 4 rings (SSSR count). The van der Waals surface area contributed by atoms with E-state index >= 15 is 0 Å². The number of carbonyl (C=O) groups is 1. The first-order valence-corrected chi connectivity index (χ1v) is 12.5. The standard InChI is InChI=1S/C28H35BN4O4/c1-8-23(19-12-10-9-11-13-19)32-24-18(2)17-30-26(33-24)31-20-14-15-22(21(16-20)25(34)35-7)29-36-27(3,4)28(5,6)37-29/h9-17,23H,8H2,1-7H3,(H2,30,31,32,33). The predicted octanol–water partition coefficient (Wildman–Crippen LogP) is 5.18. The monoisotopic (exact) mass is 502 g/mol. The number of aromatic nitrogens is 2. The van der Waals surface area contributed by atoms with Crippen LogP contribution < -0.4 is 16.1 Å². The third-order valence-electron chi connectivity index (χ3n) is 7.11. The Morgan fingerprint density at radius 3 is 2.38 bits per heavy atom. The van der Waals surface area contributed by atoms with Crippen LogP contribution in [-0.2, 0) is 14.0 Å². The highest BCUT2D eigenvalue weighted by Gasteiger charge is 2.52. The number of benzene rings is 2. The molecule has 1 aliphatic rings. The zero-order valence-corrected chi connectivity index (χ0v) is 22.6. The number of anilines is 3. The van der Waals surface area contributed by atoms with Crippen molar-refractivity contribution < 1.29 is 18.8 Å². The Morgan fingerprint density at radius 1 is 1.08 bits per heavy atom. The molecule has 0 spiro atoms. The quantitative estimate of drug-likeness (QED) is 0.322. The van der Waals surface area contributed by atoms with E-state index in [1.165, 1.54) is 12.7 Å². The van der Waals surface area contributed by atoms with Gasteiger partial charge in [0.25, 0.3) is 0 Å². The predicted molar refractivity (Wildman–Crippen MR) is 147 cm³/mol. The first-order valence-electron chi connectivity index (χ1n) is 12.5. The zero-order valence-electron chi connectivity index (χ0n) is 22.6. The van der Waals surface area contributed by atoms with Gasteiger partial charge in [-0.3, -0.25) is 0 Å². The van der Waals surface area contributed by atoms with Crippen LogP contribution in [0.15, 0.2) is 54.7 Å². The van der Waals surface area contributed by atoms with E-state index in [9.17, 15) is 4.79 Å². The Labute approximate surface area is 219 Å². The summed E-state index contributed by atoms with van der Waals surface area (Å²) in [6.45, 7) is 12.0. The molecule has 1 saturated heterocycles. The summed E-state index contributed by atoms with van der Waals surface area (Å²) in [5.74, 6) is 0.680. The maximum absolute atomic E-state index is 12.7. The number of nitrogens with zero attached hydrogens (tertiary/aromatic N) is 2. The van der Waals surface area contributed by atoms with Crippen LogP contribution in [0.5, 0.6) is 0 Å². The van der Waals surface area contributed by atoms with Gasteiger partial charge in [0.15, 0.2) is 0 Å². The van der Waals surface area contributed by atoms with Crippen molar-refractivity contribution in [1.29, 1.82) is 0 Å². The van der Waals surface area contributed by atoms with Crippen LogP contribution in [-0.4, -0.2) is 41.4 Å². The molecule has 2 N–H and O–H groups in total. The van der Waals surface area contributed by atoms with E-state index in [4.69, 9.17) is 19.0 Å². The van der Waals surface area contributed by atoms with Gasteiger partial charge in [0.05, 0.1) is 29.9 Å². The van der Waals surface area contributed by atoms with E-state index in [2.05, 4.69) is 34.7 Å². The summed E-state index contributed by atoms with van der Waals surface area (Å²) in [5.41, 5.74) is 2.67. The molecule has 1 aromatic heterocycles. The minimum atomic E-state index is -0.691. The Hall–Kier alpha value is -3.43. The van der Waals surface area contributed by atoms with Gasteiger partial charge in [0.1, 0.15) is 5.82 Å². The van der Waals surface area contributed by atoms with E-state index in [1.54, 1.807) is 12.3 Å². The third kappa shape index (κ3) is 5.63. The van der Waals surface area contributed by atoms with E-state index < -0.39 is 24.3 Å². The molecule has 2 aromatic carbocycles. The number of esters is 1.